The van der Waals surface area contributed by atoms with Gasteiger partial charge in [-0.25, -0.2) is 9.97 Å². The van der Waals surface area contributed by atoms with Crippen molar-refractivity contribution in [2.75, 3.05) is 5.73 Å². The van der Waals surface area contributed by atoms with Gasteiger partial charge < -0.3 is 15.2 Å². The van der Waals surface area contributed by atoms with Crippen LogP contribution in [0.5, 0.6) is 0 Å². The van der Waals surface area contributed by atoms with Crippen molar-refractivity contribution in [1.29, 1.82) is 0 Å². The van der Waals surface area contributed by atoms with Crippen LogP contribution in [0.3, 0.4) is 0 Å². The molecule has 7 nitrogen and oxygen atoms in total. The van der Waals surface area contributed by atoms with E-state index in [4.69, 9.17) is 10.7 Å². The number of carbonyl (C=O) groups is 1. The maximum Gasteiger partial charge on any atom is 0.246 e. The Hall–Kier alpha value is -4.52. The molecule has 5 aromatic rings. The summed E-state index contributed by atoms with van der Waals surface area (Å²) in [5.74, 6) is 0.394. The van der Waals surface area contributed by atoms with E-state index in [9.17, 15) is 4.79 Å². The van der Waals surface area contributed by atoms with E-state index in [1.165, 1.54) is 12.4 Å². The molecule has 176 valence electrons. The molecule has 0 unspecified atom stereocenters. The average molecular weight is 473 g/mol. The number of hydrogen-bond donors (Lipinski definition) is 1. The summed E-state index contributed by atoms with van der Waals surface area (Å²) in [5, 5.41) is 1.87. The zero-order valence-corrected chi connectivity index (χ0v) is 19.6. The summed E-state index contributed by atoms with van der Waals surface area (Å²) >= 11 is 0. The molecule has 0 bridgehead atoms. The van der Waals surface area contributed by atoms with Crippen molar-refractivity contribution in [3.05, 3.63) is 85.3 Å². The fourth-order valence-electron chi connectivity index (χ4n) is 5.70. The quantitative estimate of drug-likeness (QED) is 0.366. The van der Waals surface area contributed by atoms with Crippen LogP contribution in [0.2, 0.25) is 0 Å². The highest BCUT2D eigenvalue weighted by Crippen LogP contribution is 2.49. The average Bonchev–Trinajstić information content (AvgIpc) is 3.69. The first-order valence-corrected chi connectivity index (χ1v) is 12.2. The largest absolute Gasteiger partial charge is 0.383 e. The fraction of sp³-hybridized carbons (Fsp3) is 0.172. The molecule has 1 atom stereocenters. The Morgan fingerprint density at radius 3 is 2.72 bits per heavy atom. The zero-order valence-electron chi connectivity index (χ0n) is 19.6. The summed E-state index contributed by atoms with van der Waals surface area (Å²) in [6.07, 6.45) is 6.87. The normalized spacial score (nSPS) is 16.5. The van der Waals surface area contributed by atoms with Crippen molar-refractivity contribution < 1.29 is 4.79 Å². The highest BCUT2D eigenvalue weighted by molar-refractivity contribution is 6.09. The molecular weight excluding hydrogens is 448 g/mol. The molecule has 4 heterocycles. The van der Waals surface area contributed by atoms with Crippen molar-refractivity contribution >= 4 is 33.7 Å². The molecule has 2 aliphatic rings. The van der Waals surface area contributed by atoms with Crippen LogP contribution in [0.15, 0.2) is 79.8 Å². The number of fused-ring (bicyclic) bond motifs is 6. The number of amides is 1. The summed E-state index contributed by atoms with van der Waals surface area (Å²) in [6.45, 7) is 4.35. The first-order valence-electron chi connectivity index (χ1n) is 12.2. The molecule has 7 heteroatoms. The summed E-state index contributed by atoms with van der Waals surface area (Å²) in [4.78, 5) is 28.8. The fourth-order valence-corrected chi connectivity index (χ4v) is 5.70. The van der Waals surface area contributed by atoms with Gasteiger partial charge in [0.05, 0.1) is 22.6 Å². The first kappa shape index (κ1) is 20.8. The van der Waals surface area contributed by atoms with Gasteiger partial charge in [0, 0.05) is 40.9 Å². The third kappa shape index (κ3) is 2.99. The van der Waals surface area contributed by atoms with Gasteiger partial charge in [-0.15, -0.1) is 0 Å². The third-order valence-electron chi connectivity index (χ3n) is 7.38. The van der Waals surface area contributed by atoms with Gasteiger partial charge >= 0.3 is 0 Å². The number of para-hydroxylation sites is 1. The smallest absolute Gasteiger partial charge is 0.246 e. The van der Waals surface area contributed by atoms with E-state index in [2.05, 4.69) is 45.4 Å². The summed E-state index contributed by atoms with van der Waals surface area (Å²) in [7, 11) is 0. The van der Waals surface area contributed by atoms with Crippen molar-refractivity contribution in [1.82, 2.24) is 24.4 Å². The van der Waals surface area contributed by atoms with Crippen molar-refractivity contribution in [3.63, 3.8) is 0 Å². The van der Waals surface area contributed by atoms with E-state index in [0.29, 0.717) is 12.4 Å². The zero-order chi connectivity index (χ0) is 24.4. The van der Waals surface area contributed by atoms with Crippen LogP contribution in [0.1, 0.15) is 24.4 Å². The molecular formula is C29H24N6O. The molecule has 3 aromatic heterocycles. The van der Waals surface area contributed by atoms with Crippen molar-refractivity contribution in [2.24, 2.45) is 0 Å². The number of carbonyl (C=O) groups excluding carboxylic acids is 1. The number of hydrogen-bond acceptors (Lipinski definition) is 5. The molecule has 1 saturated carbocycles. The van der Waals surface area contributed by atoms with Gasteiger partial charge in [-0.3, -0.25) is 9.78 Å². The van der Waals surface area contributed by atoms with E-state index in [0.717, 1.165) is 62.7 Å². The molecule has 1 amide bonds. The predicted octanol–water partition coefficient (Wildman–Crippen LogP) is 5.13. The van der Waals surface area contributed by atoms with Crippen LogP contribution in [-0.4, -0.2) is 36.4 Å². The van der Waals surface area contributed by atoms with E-state index in [1.807, 2.05) is 41.4 Å². The minimum atomic E-state index is -0.124. The van der Waals surface area contributed by atoms with Crippen LogP contribution in [0.25, 0.3) is 44.3 Å². The van der Waals surface area contributed by atoms with Crippen LogP contribution in [-0.2, 0) is 11.3 Å². The molecule has 1 aliphatic carbocycles. The minimum Gasteiger partial charge on any atom is -0.383 e. The van der Waals surface area contributed by atoms with Crippen LogP contribution >= 0.6 is 0 Å². The maximum absolute atomic E-state index is 13.0. The Balaban J connectivity index is 1.53. The molecule has 2 N–H and O–H groups in total. The van der Waals surface area contributed by atoms with Gasteiger partial charge in [0.2, 0.25) is 5.91 Å². The molecule has 0 saturated heterocycles. The SMILES string of the molecule is C=CC(=O)N(C1CC1)[C@H]1Cn2c(c(-c3cnc4ccccc4c3)c3c(N)ncnc32)-c2ccccc21. The Kier molecular flexibility index (Phi) is 4.48. The lowest BCUT2D eigenvalue weighted by molar-refractivity contribution is -0.129. The van der Waals surface area contributed by atoms with Crippen LogP contribution in [0.4, 0.5) is 5.82 Å². The van der Waals surface area contributed by atoms with Crippen molar-refractivity contribution in [2.45, 2.75) is 31.5 Å². The van der Waals surface area contributed by atoms with E-state index >= 15 is 0 Å². The standard InChI is InChI=1S/C29H24N6O/c1-2-24(36)35(19-11-12-19)23-15-34-27(21-9-5-4-8-20(21)23)25(26-28(30)32-16-33-29(26)34)18-13-17-7-3-6-10-22(17)31-14-18/h2-10,13-14,16,19,23H,1,11-12,15H2,(H2,30,32,33)/t23-/m0/s1. The van der Waals surface area contributed by atoms with Crippen LogP contribution < -0.4 is 5.73 Å². The lowest BCUT2D eigenvalue weighted by atomic mass is 9.90. The second-order valence-electron chi connectivity index (χ2n) is 9.49. The number of pyridine rings is 1. The van der Waals surface area contributed by atoms with Crippen LogP contribution in [0, 0.1) is 0 Å². The van der Waals surface area contributed by atoms with Gasteiger partial charge in [-0.2, -0.15) is 0 Å². The van der Waals surface area contributed by atoms with Gasteiger partial charge in [-0.05, 0) is 36.6 Å². The van der Waals surface area contributed by atoms with E-state index < -0.39 is 0 Å². The number of nitrogens with zero attached hydrogens (tertiary/aromatic N) is 5. The highest BCUT2D eigenvalue weighted by Gasteiger charge is 2.41. The predicted molar refractivity (Wildman–Crippen MR) is 141 cm³/mol. The monoisotopic (exact) mass is 472 g/mol. The van der Waals surface area contributed by atoms with Gasteiger partial charge in [0.25, 0.3) is 0 Å². The molecule has 0 spiro atoms. The van der Waals surface area contributed by atoms with Gasteiger partial charge in [0.15, 0.2) is 0 Å². The van der Waals surface area contributed by atoms with E-state index in [1.54, 1.807) is 0 Å². The highest BCUT2D eigenvalue weighted by atomic mass is 16.2. The Bertz CT molecular complexity index is 1700. The molecule has 0 radical (unpaired) electrons. The topological polar surface area (TPSA) is 89.9 Å². The van der Waals surface area contributed by atoms with Gasteiger partial charge in [-0.1, -0.05) is 49.0 Å². The maximum atomic E-state index is 13.0. The molecule has 7 rings (SSSR count). The number of aromatic nitrogens is 4. The molecule has 2 aromatic carbocycles. The van der Waals surface area contributed by atoms with E-state index in [-0.39, 0.29) is 18.0 Å². The van der Waals surface area contributed by atoms with Gasteiger partial charge in [0.1, 0.15) is 17.8 Å². The Morgan fingerprint density at radius 1 is 1.08 bits per heavy atom. The number of rotatable bonds is 4. The molecule has 1 fully saturated rings. The summed E-state index contributed by atoms with van der Waals surface area (Å²) in [6, 6.07) is 18.7. The Morgan fingerprint density at radius 2 is 1.89 bits per heavy atom. The minimum absolute atomic E-state index is 0.0368. The number of nitrogen functional groups attached to an aromatic ring is 1. The number of nitrogens with two attached hydrogens (primary N) is 1. The lowest BCUT2D eigenvalue weighted by Crippen LogP contribution is -2.39. The number of benzene rings is 2. The lowest BCUT2D eigenvalue weighted by Gasteiger charge is -2.37. The molecule has 1 aliphatic heterocycles. The summed E-state index contributed by atoms with van der Waals surface area (Å²) < 4.78 is 2.21. The van der Waals surface area contributed by atoms with Crippen molar-refractivity contribution in [3.8, 4) is 22.4 Å². The second kappa shape index (κ2) is 7.75. The summed E-state index contributed by atoms with van der Waals surface area (Å²) in [5.41, 5.74) is 13.4. The number of anilines is 1. The first-order chi connectivity index (χ1) is 17.7. The Labute approximate surface area is 207 Å². The third-order valence-corrected chi connectivity index (χ3v) is 7.38. The molecule has 36 heavy (non-hydrogen) atoms. The second-order valence-corrected chi connectivity index (χ2v) is 9.49.